The molecule has 0 atom stereocenters. The Kier molecular flexibility index (Phi) is 5.77. The largest absolute Gasteiger partial charge is 0.493 e. The normalized spacial score (nSPS) is 12.0. The average Bonchev–Trinajstić information content (AvgIpc) is 2.95. The molecule has 1 aliphatic rings. The number of carbonyl (C=O) groups excluding carboxylic acids is 1. The lowest BCUT2D eigenvalue weighted by Gasteiger charge is -2.19. The fourth-order valence-electron chi connectivity index (χ4n) is 3.51. The van der Waals surface area contributed by atoms with Gasteiger partial charge >= 0.3 is 0 Å². The van der Waals surface area contributed by atoms with E-state index in [4.69, 9.17) is 18.9 Å². The van der Waals surface area contributed by atoms with E-state index in [0.717, 1.165) is 11.1 Å². The smallest absolute Gasteiger partial charge is 0.221 e. The predicted octanol–water partition coefficient (Wildman–Crippen LogP) is 2.78. The molecule has 3 rings (SSSR count). The van der Waals surface area contributed by atoms with Crippen LogP contribution in [0.3, 0.4) is 0 Å². The minimum atomic E-state index is -0.298. The molecule has 2 aromatic rings. The molecule has 29 heavy (non-hydrogen) atoms. The molecule has 0 aliphatic heterocycles. The zero-order valence-electron chi connectivity index (χ0n) is 17.0. The second kappa shape index (κ2) is 8.26. The number of allylic oxidation sites excluding steroid dienone is 1. The molecule has 0 saturated heterocycles. The molecule has 2 aromatic carbocycles. The number of ether oxygens (including phenoxy) is 4. The van der Waals surface area contributed by atoms with Gasteiger partial charge < -0.3 is 24.3 Å². The van der Waals surface area contributed by atoms with E-state index in [9.17, 15) is 9.59 Å². The van der Waals surface area contributed by atoms with Crippen LogP contribution < -0.4 is 29.7 Å². The average molecular weight is 397 g/mol. The van der Waals surface area contributed by atoms with Crippen molar-refractivity contribution >= 4 is 11.6 Å². The predicted molar refractivity (Wildman–Crippen MR) is 110 cm³/mol. The summed E-state index contributed by atoms with van der Waals surface area (Å²) in [6.45, 7) is 1.42. The zero-order chi connectivity index (χ0) is 21.1. The van der Waals surface area contributed by atoms with Crippen LogP contribution in [0.1, 0.15) is 18.1 Å². The molecule has 0 spiro atoms. The van der Waals surface area contributed by atoms with Crippen molar-refractivity contribution in [2.24, 2.45) is 0 Å². The summed E-state index contributed by atoms with van der Waals surface area (Å²) in [7, 11) is 6.08. The second-order valence-corrected chi connectivity index (χ2v) is 6.42. The molecular formula is C22H23NO6. The maximum atomic E-state index is 12.6. The van der Waals surface area contributed by atoms with Crippen molar-refractivity contribution in [2.75, 3.05) is 28.4 Å². The van der Waals surface area contributed by atoms with Crippen molar-refractivity contribution in [1.82, 2.24) is 5.32 Å². The van der Waals surface area contributed by atoms with E-state index >= 15 is 0 Å². The Morgan fingerprint density at radius 3 is 2.17 bits per heavy atom. The van der Waals surface area contributed by atoms with Crippen molar-refractivity contribution in [3.63, 3.8) is 0 Å². The van der Waals surface area contributed by atoms with Gasteiger partial charge in [-0.2, -0.15) is 0 Å². The van der Waals surface area contributed by atoms with Gasteiger partial charge in [0.15, 0.2) is 17.2 Å². The maximum absolute atomic E-state index is 12.6. The highest BCUT2D eigenvalue weighted by Gasteiger charge is 2.26. The summed E-state index contributed by atoms with van der Waals surface area (Å²) in [6.07, 6.45) is 2.36. The molecule has 0 bridgehead atoms. The lowest BCUT2D eigenvalue weighted by atomic mass is 9.95. The fourth-order valence-corrected chi connectivity index (χ4v) is 3.51. The van der Waals surface area contributed by atoms with E-state index in [2.05, 4.69) is 5.32 Å². The van der Waals surface area contributed by atoms with Gasteiger partial charge in [0.05, 0.1) is 28.4 Å². The molecule has 0 aromatic heterocycles. The summed E-state index contributed by atoms with van der Waals surface area (Å²) in [5.74, 6) is 1.42. The lowest BCUT2D eigenvalue weighted by molar-refractivity contribution is -0.117. The van der Waals surface area contributed by atoms with E-state index in [1.54, 1.807) is 26.4 Å². The van der Waals surface area contributed by atoms with Crippen molar-refractivity contribution in [1.29, 1.82) is 0 Å². The third-order valence-electron chi connectivity index (χ3n) is 4.74. The van der Waals surface area contributed by atoms with Gasteiger partial charge in [-0.05, 0) is 41.8 Å². The molecule has 7 heteroatoms. The van der Waals surface area contributed by atoms with Crippen LogP contribution in [0.2, 0.25) is 0 Å². The Hall–Kier alpha value is -3.48. The van der Waals surface area contributed by atoms with Crippen LogP contribution in [0, 0.1) is 0 Å². The van der Waals surface area contributed by atoms with Crippen LogP contribution >= 0.6 is 0 Å². The molecule has 0 unspecified atom stereocenters. The number of rotatable bonds is 5. The summed E-state index contributed by atoms with van der Waals surface area (Å²) in [4.78, 5) is 24.4. The van der Waals surface area contributed by atoms with Crippen LogP contribution in [-0.4, -0.2) is 34.3 Å². The molecule has 1 amide bonds. The Bertz CT molecular complexity index is 1060. The Morgan fingerprint density at radius 2 is 1.59 bits per heavy atom. The summed E-state index contributed by atoms with van der Waals surface area (Å²) in [5, 5.41) is 2.83. The molecule has 0 heterocycles. The van der Waals surface area contributed by atoms with E-state index in [1.165, 1.54) is 27.2 Å². The van der Waals surface area contributed by atoms with Crippen LogP contribution in [0.15, 0.2) is 35.1 Å². The van der Waals surface area contributed by atoms with Gasteiger partial charge in [-0.3, -0.25) is 9.59 Å². The molecule has 1 aliphatic carbocycles. The summed E-state index contributed by atoms with van der Waals surface area (Å²) in [6, 6.07) is 6.72. The van der Waals surface area contributed by atoms with Gasteiger partial charge in [0.2, 0.25) is 17.1 Å². The summed E-state index contributed by atoms with van der Waals surface area (Å²) < 4.78 is 21.9. The van der Waals surface area contributed by atoms with Crippen LogP contribution in [0.25, 0.3) is 16.8 Å². The minimum Gasteiger partial charge on any atom is -0.493 e. The number of fused-ring (bicyclic) bond motifs is 3. The quantitative estimate of drug-likeness (QED) is 0.835. The Balaban J connectivity index is 2.45. The van der Waals surface area contributed by atoms with Gasteiger partial charge in [0, 0.05) is 23.7 Å². The van der Waals surface area contributed by atoms with Crippen molar-refractivity contribution in [3.8, 4) is 34.1 Å². The van der Waals surface area contributed by atoms with Crippen LogP contribution in [0.5, 0.6) is 23.0 Å². The van der Waals surface area contributed by atoms with Gasteiger partial charge in [0.1, 0.15) is 0 Å². The summed E-state index contributed by atoms with van der Waals surface area (Å²) >= 11 is 0. The number of hydrogen-bond donors (Lipinski definition) is 1. The summed E-state index contributed by atoms with van der Waals surface area (Å²) in [5.41, 5.74) is 3.17. The number of benzene rings is 1. The molecule has 0 fully saturated rings. The van der Waals surface area contributed by atoms with E-state index in [-0.39, 0.29) is 17.1 Å². The monoisotopic (exact) mass is 397 g/mol. The highest BCUT2D eigenvalue weighted by atomic mass is 16.5. The zero-order valence-corrected chi connectivity index (χ0v) is 17.0. The van der Waals surface area contributed by atoms with E-state index in [0.29, 0.717) is 40.5 Å². The number of hydrogen-bond acceptors (Lipinski definition) is 6. The number of carbonyl (C=O) groups is 1. The number of amides is 1. The Labute approximate surface area is 168 Å². The second-order valence-electron chi connectivity index (χ2n) is 6.42. The first-order valence-corrected chi connectivity index (χ1v) is 8.97. The Morgan fingerprint density at radius 1 is 0.897 bits per heavy atom. The van der Waals surface area contributed by atoms with Gasteiger partial charge in [-0.15, -0.1) is 0 Å². The van der Waals surface area contributed by atoms with Crippen LogP contribution in [-0.2, 0) is 11.2 Å². The molecule has 0 radical (unpaired) electrons. The minimum absolute atomic E-state index is 0.196. The highest BCUT2D eigenvalue weighted by Crippen LogP contribution is 2.49. The third kappa shape index (κ3) is 3.63. The van der Waals surface area contributed by atoms with Crippen LogP contribution in [0.4, 0.5) is 0 Å². The fraction of sp³-hybridized carbons (Fsp3) is 0.273. The van der Waals surface area contributed by atoms with Gasteiger partial charge in [-0.25, -0.2) is 0 Å². The standard InChI is InChI=1S/C22H23NO6/c1-12(24)23-16-8-6-13-10-19(27-3)21(28-4)22(29-5)20(13)14-7-9-18(26-2)17(25)11-15(14)16/h7-11H,6H2,1-5H3,(H,23,24). The van der Waals surface area contributed by atoms with Crippen molar-refractivity contribution in [3.05, 3.63) is 51.7 Å². The van der Waals surface area contributed by atoms with Gasteiger partial charge in [0.25, 0.3) is 0 Å². The molecule has 0 saturated carbocycles. The lowest BCUT2D eigenvalue weighted by Crippen LogP contribution is -2.18. The number of methoxy groups -OCH3 is 4. The highest BCUT2D eigenvalue weighted by molar-refractivity contribution is 5.93. The third-order valence-corrected chi connectivity index (χ3v) is 4.74. The van der Waals surface area contributed by atoms with Gasteiger partial charge in [-0.1, -0.05) is 6.08 Å². The molecular weight excluding hydrogens is 374 g/mol. The van der Waals surface area contributed by atoms with E-state index in [1.807, 2.05) is 12.1 Å². The maximum Gasteiger partial charge on any atom is 0.221 e. The van der Waals surface area contributed by atoms with Crippen molar-refractivity contribution < 1.29 is 23.7 Å². The first kappa shape index (κ1) is 20.3. The first-order valence-electron chi connectivity index (χ1n) is 8.97. The molecule has 152 valence electrons. The number of nitrogens with one attached hydrogen (secondary N) is 1. The molecule has 1 N–H and O–H groups in total. The SMILES string of the molecule is COc1cc2c(c(OC)c1OC)-c1ccc(OC)c(=O)cc1C(NC(C)=O)=CC2. The van der Waals surface area contributed by atoms with Crippen molar-refractivity contribution in [2.45, 2.75) is 13.3 Å². The topological polar surface area (TPSA) is 83.1 Å². The first-order chi connectivity index (χ1) is 13.9. The van der Waals surface area contributed by atoms with E-state index < -0.39 is 0 Å². The molecule has 7 nitrogen and oxygen atoms in total.